The predicted octanol–water partition coefficient (Wildman–Crippen LogP) is 3.34. The third-order valence-corrected chi connectivity index (χ3v) is 2.74. The number of halogens is 2. The molecule has 0 aliphatic heterocycles. The van der Waals surface area contributed by atoms with Gasteiger partial charge in [-0.15, -0.1) is 10.2 Å². The number of aromatic nitrogens is 2. The summed E-state index contributed by atoms with van der Waals surface area (Å²) in [4.78, 5) is 11.9. The molecular formula is C12H9Cl2N3O. The zero-order valence-corrected chi connectivity index (χ0v) is 11.0. The molecule has 1 heterocycles. The van der Waals surface area contributed by atoms with Gasteiger partial charge in [-0.2, -0.15) is 0 Å². The summed E-state index contributed by atoms with van der Waals surface area (Å²) in [7, 11) is 0. The Morgan fingerprint density at radius 2 is 1.94 bits per heavy atom. The highest BCUT2D eigenvalue weighted by Crippen LogP contribution is 2.20. The Morgan fingerprint density at radius 1 is 1.17 bits per heavy atom. The number of hydrogen-bond acceptors (Lipinski definition) is 3. The molecule has 0 spiro atoms. The first-order valence-electron chi connectivity index (χ1n) is 5.13. The second kappa shape index (κ2) is 5.33. The molecule has 2 rings (SSSR count). The van der Waals surface area contributed by atoms with E-state index >= 15 is 0 Å². The Bertz CT molecular complexity index is 584. The molecule has 1 N–H and O–H groups in total. The summed E-state index contributed by atoms with van der Waals surface area (Å²) in [5.74, 6) is -0.343. The second-order valence-corrected chi connectivity index (χ2v) is 4.48. The predicted molar refractivity (Wildman–Crippen MR) is 71.2 cm³/mol. The van der Waals surface area contributed by atoms with Crippen LogP contribution in [-0.4, -0.2) is 16.1 Å². The maximum atomic E-state index is 11.9. The summed E-state index contributed by atoms with van der Waals surface area (Å²) >= 11 is 11.4. The first kappa shape index (κ1) is 12.8. The van der Waals surface area contributed by atoms with Crippen LogP contribution in [-0.2, 0) is 0 Å². The van der Waals surface area contributed by atoms with Gasteiger partial charge in [-0.1, -0.05) is 23.2 Å². The van der Waals surface area contributed by atoms with Crippen molar-refractivity contribution in [3.8, 4) is 0 Å². The average molecular weight is 282 g/mol. The highest BCUT2D eigenvalue weighted by atomic mass is 35.5. The van der Waals surface area contributed by atoms with Crippen LogP contribution in [0.5, 0.6) is 0 Å². The van der Waals surface area contributed by atoms with Crippen LogP contribution in [0.2, 0.25) is 10.2 Å². The van der Waals surface area contributed by atoms with E-state index in [4.69, 9.17) is 23.2 Å². The van der Waals surface area contributed by atoms with Gasteiger partial charge in [0.1, 0.15) is 0 Å². The van der Waals surface area contributed by atoms with Gasteiger partial charge < -0.3 is 5.32 Å². The van der Waals surface area contributed by atoms with E-state index in [1.165, 1.54) is 12.1 Å². The molecule has 1 aromatic heterocycles. The Balaban J connectivity index is 2.18. The monoisotopic (exact) mass is 281 g/mol. The number of carbonyl (C=O) groups excluding carboxylic acids is 1. The van der Waals surface area contributed by atoms with E-state index in [1.807, 2.05) is 6.92 Å². The normalized spacial score (nSPS) is 10.2. The van der Waals surface area contributed by atoms with Crippen LogP contribution in [0.15, 0.2) is 30.3 Å². The number of anilines is 1. The zero-order chi connectivity index (χ0) is 13.1. The number of carbonyl (C=O) groups is 1. The minimum absolute atomic E-state index is 0.203. The number of amides is 1. The van der Waals surface area contributed by atoms with Gasteiger partial charge >= 0.3 is 0 Å². The minimum Gasteiger partial charge on any atom is -0.320 e. The number of rotatable bonds is 2. The van der Waals surface area contributed by atoms with Gasteiger partial charge in [-0.05, 0) is 42.8 Å². The molecule has 92 valence electrons. The second-order valence-electron chi connectivity index (χ2n) is 3.65. The fourth-order valence-electron chi connectivity index (χ4n) is 1.39. The van der Waals surface area contributed by atoms with Crippen LogP contribution >= 0.6 is 23.2 Å². The standard InChI is InChI=1S/C12H9Cl2N3O/c1-7-6-8(13)2-3-9(7)15-12(18)10-4-5-11(14)17-16-10/h2-6H,1H3,(H,15,18). The molecule has 0 unspecified atom stereocenters. The van der Waals surface area contributed by atoms with Gasteiger partial charge in [0.2, 0.25) is 0 Å². The van der Waals surface area contributed by atoms with E-state index in [1.54, 1.807) is 18.2 Å². The highest BCUT2D eigenvalue weighted by molar-refractivity contribution is 6.30. The van der Waals surface area contributed by atoms with Crippen molar-refractivity contribution in [2.24, 2.45) is 0 Å². The van der Waals surface area contributed by atoms with E-state index in [2.05, 4.69) is 15.5 Å². The fraction of sp³-hybridized carbons (Fsp3) is 0.0833. The van der Waals surface area contributed by atoms with Crippen molar-refractivity contribution in [2.75, 3.05) is 5.32 Å². The number of benzene rings is 1. The molecule has 0 saturated heterocycles. The molecule has 1 aromatic carbocycles. The summed E-state index contributed by atoms with van der Waals surface area (Å²) in [6.07, 6.45) is 0. The van der Waals surface area contributed by atoms with Crippen molar-refractivity contribution >= 4 is 34.8 Å². The Morgan fingerprint density at radius 3 is 2.56 bits per heavy atom. The van der Waals surface area contributed by atoms with Crippen molar-refractivity contribution in [2.45, 2.75) is 6.92 Å². The topological polar surface area (TPSA) is 54.9 Å². The lowest BCUT2D eigenvalue weighted by molar-refractivity contribution is 0.102. The van der Waals surface area contributed by atoms with Crippen LogP contribution in [0.3, 0.4) is 0 Å². The van der Waals surface area contributed by atoms with Crippen LogP contribution in [0.25, 0.3) is 0 Å². The fourth-order valence-corrected chi connectivity index (χ4v) is 1.72. The molecule has 0 radical (unpaired) electrons. The smallest absolute Gasteiger partial charge is 0.276 e. The molecule has 6 heteroatoms. The van der Waals surface area contributed by atoms with Gasteiger partial charge in [0.25, 0.3) is 5.91 Å². The summed E-state index contributed by atoms with van der Waals surface area (Å²) in [5, 5.41) is 10.9. The summed E-state index contributed by atoms with van der Waals surface area (Å²) in [5.41, 5.74) is 1.76. The zero-order valence-electron chi connectivity index (χ0n) is 9.45. The van der Waals surface area contributed by atoms with E-state index in [0.29, 0.717) is 10.7 Å². The van der Waals surface area contributed by atoms with Crippen molar-refractivity contribution in [1.82, 2.24) is 10.2 Å². The molecule has 4 nitrogen and oxygen atoms in total. The molecule has 1 amide bonds. The van der Waals surface area contributed by atoms with Crippen molar-refractivity contribution in [3.05, 3.63) is 51.8 Å². The maximum absolute atomic E-state index is 11.9. The third-order valence-electron chi connectivity index (χ3n) is 2.30. The Labute approximate surface area is 114 Å². The van der Waals surface area contributed by atoms with E-state index in [-0.39, 0.29) is 16.8 Å². The van der Waals surface area contributed by atoms with Gasteiger partial charge in [-0.3, -0.25) is 4.79 Å². The molecular weight excluding hydrogens is 273 g/mol. The maximum Gasteiger partial charge on any atom is 0.276 e. The summed E-state index contributed by atoms with van der Waals surface area (Å²) in [6.45, 7) is 1.86. The average Bonchev–Trinajstić information content (AvgIpc) is 2.33. The lowest BCUT2D eigenvalue weighted by Gasteiger charge is -2.07. The van der Waals surface area contributed by atoms with Gasteiger partial charge in [-0.25, -0.2) is 0 Å². The van der Waals surface area contributed by atoms with Gasteiger partial charge in [0.05, 0.1) is 0 Å². The van der Waals surface area contributed by atoms with Crippen LogP contribution in [0, 0.1) is 6.92 Å². The van der Waals surface area contributed by atoms with Crippen molar-refractivity contribution in [1.29, 1.82) is 0 Å². The molecule has 2 aromatic rings. The molecule has 18 heavy (non-hydrogen) atoms. The first-order chi connectivity index (χ1) is 8.56. The largest absolute Gasteiger partial charge is 0.320 e. The van der Waals surface area contributed by atoms with Crippen LogP contribution < -0.4 is 5.32 Å². The molecule has 0 bridgehead atoms. The van der Waals surface area contributed by atoms with Crippen molar-refractivity contribution in [3.63, 3.8) is 0 Å². The SMILES string of the molecule is Cc1cc(Cl)ccc1NC(=O)c1ccc(Cl)nn1. The van der Waals surface area contributed by atoms with E-state index in [0.717, 1.165) is 5.56 Å². The van der Waals surface area contributed by atoms with E-state index in [9.17, 15) is 4.79 Å². The molecule has 0 aliphatic rings. The molecule has 0 saturated carbocycles. The number of aryl methyl sites for hydroxylation is 1. The molecule has 0 fully saturated rings. The third kappa shape index (κ3) is 2.97. The van der Waals surface area contributed by atoms with Crippen LogP contribution in [0.4, 0.5) is 5.69 Å². The molecule has 0 atom stereocenters. The quantitative estimate of drug-likeness (QED) is 0.919. The highest BCUT2D eigenvalue weighted by Gasteiger charge is 2.09. The number of hydrogen-bond donors (Lipinski definition) is 1. The van der Waals surface area contributed by atoms with Gasteiger partial charge in [0, 0.05) is 10.7 Å². The Hall–Kier alpha value is -1.65. The minimum atomic E-state index is -0.343. The number of nitrogens with zero attached hydrogens (tertiary/aromatic N) is 2. The van der Waals surface area contributed by atoms with Crippen molar-refractivity contribution < 1.29 is 4.79 Å². The summed E-state index contributed by atoms with van der Waals surface area (Å²) < 4.78 is 0. The van der Waals surface area contributed by atoms with E-state index < -0.39 is 0 Å². The van der Waals surface area contributed by atoms with Crippen LogP contribution in [0.1, 0.15) is 16.1 Å². The first-order valence-corrected chi connectivity index (χ1v) is 5.88. The lowest BCUT2D eigenvalue weighted by Crippen LogP contribution is -2.14. The summed E-state index contributed by atoms with van der Waals surface area (Å²) in [6, 6.07) is 8.23. The Kier molecular flexibility index (Phi) is 3.79. The lowest BCUT2D eigenvalue weighted by atomic mass is 10.2. The number of nitrogens with one attached hydrogen (secondary N) is 1. The van der Waals surface area contributed by atoms with Gasteiger partial charge in [0.15, 0.2) is 10.8 Å². The molecule has 0 aliphatic carbocycles.